The molecule has 1 atom stereocenters. The van der Waals surface area contributed by atoms with Gasteiger partial charge in [-0.25, -0.2) is 9.50 Å². The van der Waals surface area contributed by atoms with Crippen molar-refractivity contribution in [3.8, 4) is 0 Å². The van der Waals surface area contributed by atoms with Gasteiger partial charge in [-0.05, 0) is 37.9 Å². The molecule has 2 aliphatic heterocycles. The lowest BCUT2D eigenvalue weighted by atomic mass is 9.98. The van der Waals surface area contributed by atoms with E-state index in [1.807, 2.05) is 32.2 Å². The number of nitrogens with one attached hydrogen (secondary N) is 1. The minimum absolute atomic E-state index is 0.0805. The van der Waals surface area contributed by atoms with Crippen LogP contribution in [0.15, 0.2) is 29.2 Å². The third kappa shape index (κ3) is 4.08. The van der Waals surface area contributed by atoms with Crippen LogP contribution < -0.4 is 5.56 Å². The smallest absolute Gasteiger partial charge is 0.277 e. The molecule has 1 amide bonds. The number of nitrogens with zero attached hydrogens (tertiary/aromatic N) is 5. The molecular weight excluding hydrogens is 416 g/mol. The topological polar surface area (TPSA) is 86.6 Å². The largest absolute Gasteiger partial charge is 0.337 e. The van der Waals surface area contributed by atoms with E-state index in [1.54, 1.807) is 9.42 Å². The van der Waals surface area contributed by atoms with E-state index in [0.717, 1.165) is 49.4 Å². The van der Waals surface area contributed by atoms with Crippen molar-refractivity contribution >= 4 is 11.6 Å². The second-order valence-electron chi connectivity index (χ2n) is 9.66. The van der Waals surface area contributed by atoms with Gasteiger partial charge in [-0.3, -0.25) is 24.6 Å². The Morgan fingerprint density at radius 2 is 2.12 bits per heavy atom. The fourth-order valence-electron chi connectivity index (χ4n) is 5.13. The van der Waals surface area contributed by atoms with Crippen LogP contribution >= 0.6 is 0 Å². The molecule has 3 aromatic heterocycles. The third-order valence-corrected chi connectivity index (χ3v) is 7.03. The number of rotatable bonds is 4. The molecule has 1 fully saturated rings. The number of aromatic nitrogens is 4. The Balaban J connectivity index is 1.47. The first kappa shape index (κ1) is 21.8. The molecule has 0 spiro atoms. The van der Waals surface area contributed by atoms with Gasteiger partial charge >= 0.3 is 0 Å². The van der Waals surface area contributed by atoms with Crippen molar-refractivity contribution < 1.29 is 4.79 Å². The van der Waals surface area contributed by atoms with Crippen LogP contribution in [0.1, 0.15) is 67.4 Å². The number of H-pyrrole nitrogens is 1. The molecule has 174 valence electrons. The lowest BCUT2D eigenvalue weighted by Crippen LogP contribution is -2.41. The number of aryl methyl sites for hydroxylation is 1. The summed E-state index contributed by atoms with van der Waals surface area (Å²) >= 11 is 0. The molecule has 0 aromatic carbocycles. The highest BCUT2D eigenvalue weighted by Crippen LogP contribution is 2.32. The van der Waals surface area contributed by atoms with Gasteiger partial charge in [-0.2, -0.15) is 0 Å². The summed E-state index contributed by atoms with van der Waals surface area (Å²) in [6.45, 7) is 8.63. The second-order valence-corrected chi connectivity index (χ2v) is 9.66. The number of amides is 1. The zero-order valence-corrected chi connectivity index (χ0v) is 19.7. The predicted octanol–water partition coefficient (Wildman–Crippen LogP) is 2.99. The van der Waals surface area contributed by atoms with Gasteiger partial charge in [0, 0.05) is 37.7 Å². The maximum atomic E-state index is 13.4. The number of hydrogen-bond acceptors (Lipinski definition) is 5. The van der Waals surface area contributed by atoms with Crippen LogP contribution in [0.2, 0.25) is 0 Å². The molecule has 8 nitrogen and oxygen atoms in total. The molecule has 0 unspecified atom stereocenters. The van der Waals surface area contributed by atoms with E-state index >= 15 is 0 Å². The molecule has 1 saturated heterocycles. The molecule has 0 radical (unpaired) electrons. The highest BCUT2D eigenvalue weighted by Gasteiger charge is 2.29. The van der Waals surface area contributed by atoms with Gasteiger partial charge in [-0.15, -0.1) is 0 Å². The van der Waals surface area contributed by atoms with Crippen molar-refractivity contribution in [1.82, 2.24) is 29.4 Å². The number of likely N-dealkylation sites (tertiary alicyclic amines) is 1. The fourth-order valence-corrected chi connectivity index (χ4v) is 5.13. The molecule has 8 heteroatoms. The maximum absolute atomic E-state index is 13.4. The molecule has 2 aliphatic rings. The van der Waals surface area contributed by atoms with E-state index < -0.39 is 0 Å². The number of carbonyl (C=O) groups is 1. The van der Waals surface area contributed by atoms with E-state index in [-0.39, 0.29) is 23.4 Å². The molecule has 33 heavy (non-hydrogen) atoms. The highest BCUT2D eigenvalue weighted by atomic mass is 16.2. The van der Waals surface area contributed by atoms with Crippen LogP contribution in [0.25, 0.3) is 5.65 Å². The van der Waals surface area contributed by atoms with Crippen molar-refractivity contribution in [1.29, 1.82) is 0 Å². The standard InChI is InChI=1S/C25H32N6O2/c1-16(2)24(32)30-12-9-19-18(14-30)25(33)31-23(27-19)13-20(28-31)22-8-4-5-11-29(22)15-21-17(3)7-6-10-26-21/h6-7,10,13,16,22,28H,4-5,8-9,11-12,14-15H2,1-3H3/t22-/m0/s1. The first-order valence-electron chi connectivity index (χ1n) is 12.0. The van der Waals surface area contributed by atoms with E-state index in [9.17, 15) is 9.59 Å². The Kier molecular flexibility index (Phi) is 5.78. The molecule has 1 N–H and O–H groups in total. The molecule has 5 rings (SSSR count). The fraction of sp³-hybridized carbons (Fsp3) is 0.520. The Bertz CT molecular complexity index is 1240. The average Bonchev–Trinajstić information content (AvgIpc) is 3.24. The van der Waals surface area contributed by atoms with Crippen molar-refractivity contribution in [3.05, 3.63) is 63.0 Å². The Morgan fingerprint density at radius 1 is 1.27 bits per heavy atom. The van der Waals surface area contributed by atoms with Crippen LogP contribution in [-0.2, 0) is 24.3 Å². The van der Waals surface area contributed by atoms with Crippen molar-refractivity contribution in [2.24, 2.45) is 5.92 Å². The summed E-state index contributed by atoms with van der Waals surface area (Å²) in [5.41, 5.74) is 5.34. The number of hydrogen-bond donors (Lipinski definition) is 1. The summed E-state index contributed by atoms with van der Waals surface area (Å²) in [7, 11) is 0. The number of fused-ring (bicyclic) bond motifs is 2. The molecule has 0 saturated carbocycles. The SMILES string of the molecule is Cc1cccnc1CN1CCCC[C@H]1c1cc2nc3c(c(=O)n2[nH]1)CN(C(=O)C(C)C)CC3. The van der Waals surface area contributed by atoms with E-state index in [0.29, 0.717) is 30.7 Å². The number of carbonyl (C=O) groups excluding carboxylic acids is 1. The van der Waals surface area contributed by atoms with Crippen LogP contribution in [-0.4, -0.2) is 48.4 Å². The van der Waals surface area contributed by atoms with E-state index in [2.05, 4.69) is 28.0 Å². The Labute approximate surface area is 193 Å². The van der Waals surface area contributed by atoms with Gasteiger partial charge in [0.15, 0.2) is 5.65 Å². The summed E-state index contributed by atoms with van der Waals surface area (Å²) in [6, 6.07) is 6.30. The molecular formula is C25H32N6O2. The van der Waals surface area contributed by atoms with Crippen LogP contribution in [0.3, 0.4) is 0 Å². The quantitative estimate of drug-likeness (QED) is 0.663. The second kappa shape index (κ2) is 8.74. The number of piperidine rings is 1. The molecule has 5 heterocycles. The van der Waals surface area contributed by atoms with Gasteiger partial charge in [-0.1, -0.05) is 26.3 Å². The Hall–Kier alpha value is -3.00. The van der Waals surface area contributed by atoms with Gasteiger partial charge in [0.2, 0.25) is 5.91 Å². The summed E-state index contributed by atoms with van der Waals surface area (Å²) in [6.07, 6.45) is 5.82. The summed E-state index contributed by atoms with van der Waals surface area (Å²) in [4.78, 5) is 39.5. The zero-order valence-electron chi connectivity index (χ0n) is 19.7. The first-order chi connectivity index (χ1) is 15.9. The Morgan fingerprint density at radius 3 is 2.91 bits per heavy atom. The van der Waals surface area contributed by atoms with Crippen molar-refractivity contribution in [2.45, 2.75) is 65.6 Å². The molecule has 0 aliphatic carbocycles. The lowest BCUT2D eigenvalue weighted by molar-refractivity contribution is -0.135. The minimum Gasteiger partial charge on any atom is -0.337 e. The normalized spacial score (nSPS) is 19.3. The predicted molar refractivity (Wildman–Crippen MR) is 126 cm³/mol. The zero-order chi connectivity index (χ0) is 23.1. The van der Waals surface area contributed by atoms with Gasteiger partial charge < -0.3 is 4.90 Å². The molecule has 0 bridgehead atoms. The minimum atomic E-state index is -0.0922. The monoisotopic (exact) mass is 448 g/mol. The van der Waals surface area contributed by atoms with Gasteiger partial charge in [0.05, 0.1) is 35.2 Å². The van der Waals surface area contributed by atoms with Crippen molar-refractivity contribution in [3.63, 3.8) is 0 Å². The third-order valence-electron chi connectivity index (χ3n) is 7.03. The highest BCUT2D eigenvalue weighted by molar-refractivity contribution is 5.78. The molecule has 3 aromatic rings. The van der Waals surface area contributed by atoms with Crippen LogP contribution in [0, 0.1) is 12.8 Å². The van der Waals surface area contributed by atoms with Crippen LogP contribution in [0.4, 0.5) is 0 Å². The summed E-state index contributed by atoms with van der Waals surface area (Å²) in [5, 5.41) is 3.36. The number of pyridine rings is 1. The first-order valence-corrected chi connectivity index (χ1v) is 12.0. The van der Waals surface area contributed by atoms with E-state index in [4.69, 9.17) is 4.98 Å². The average molecular weight is 449 g/mol. The van der Waals surface area contributed by atoms with E-state index in [1.165, 1.54) is 5.56 Å². The summed E-state index contributed by atoms with van der Waals surface area (Å²) < 4.78 is 1.57. The van der Waals surface area contributed by atoms with Gasteiger partial charge in [0.1, 0.15) is 0 Å². The van der Waals surface area contributed by atoms with Crippen molar-refractivity contribution in [2.75, 3.05) is 13.1 Å². The maximum Gasteiger partial charge on any atom is 0.277 e. The lowest BCUT2D eigenvalue weighted by Gasteiger charge is -2.35. The van der Waals surface area contributed by atoms with Crippen LogP contribution in [0.5, 0.6) is 0 Å². The summed E-state index contributed by atoms with van der Waals surface area (Å²) in [5.74, 6) is 0.00287. The number of aromatic amines is 1. The van der Waals surface area contributed by atoms with Gasteiger partial charge in [0.25, 0.3) is 5.56 Å².